The minimum atomic E-state index is 0.571. The van der Waals surface area contributed by atoms with E-state index in [0.29, 0.717) is 12.6 Å². The number of hydrogen-bond acceptors (Lipinski definition) is 2. The third-order valence-electron chi connectivity index (χ3n) is 1.06. The molecule has 0 unspecified atom stereocenters. The van der Waals surface area contributed by atoms with Crippen molar-refractivity contribution in [2.45, 2.75) is 6.42 Å². The molecule has 0 saturated carbocycles. The molecular weight excluding hydrogens is 128 g/mol. The fourth-order valence-electron chi connectivity index (χ4n) is 0.588. The molecule has 1 rings (SSSR count). The predicted molar refractivity (Wildman–Crippen MR) is 39.0 cm³/mol. The van der Waals surface area contributed by atoms with Crippen molar-refractivity contribution in [1.82, 2.24) is 0 Å². The van der Waals surface area contributed by atoms with Crippen molar-refractivity contribution in [2.24, 2.45) is 0 Å². The summed E-state index contributed by atoms with van der Waals surface area (Å²) in [5.41, 5.74) is 0. The first-order valence-corrected chi connectivity index (χ1v) is 3.20. The molecule has 1 aromatic rings. The molecule has 0 atom stereocenters. The molecule has 0 aromatic carbocycles. The van der Waals surface area contributed by atoms with Gasteiger partial charge in [-0.3, -0.25) is 0 Å². The molecule has 1 aromatic heterocycles. The van der Waals surface area contributed by atoms with Gasteiger partial charge >= 0.3 is 0 Å². The van der Waals surface area contributed by atoms with Gasteiger partial charge in [-0.1, -0.05) is 6.08 Å². The van der Waals surface area contributed by atoms with Crippen molar-refractivity contribution in [1.29, 1.82) is 0 Å². The van der Waals surface area contributed by atoms with E-state index in [1.54, 1.807) is 18.4 Å². The van der Waals surface area contributed by atoms with Gasteiger partial charge in [0.25, 0.3) is 5.95 Å². The first-order chi connectivity index (χ1) is 4.93. The molecule has 0 bridgehead atoms. The van der Waals surface area contributed by atoms with E-state index >= 15 is 0 Å². The fraction of sp³-hybridized carbons (Fsp3) is 0.250. The van der Waals surface area contributed by atoms with Crippen molar-refractivity contribution >= 4 is 0 Å². The average molecular weight is 138 g/mol. The van der Waals surface area contributed by atoms with Crippen LogP contribution in [0.1, 0.15) is 6.42 Å². The van der Waals surface area contributed by atoms with Gasteiger partial charge in [-0.2, -0.15) is 0 Å². The molecule has 0 fully saturated rings. The lowest BCUT2D eigenvalue weighted by Gasteiger charge is -1.96. The Morgan fingerprint density at radius 3 is 3.20 bits per heavy atom. The van der Waals surface area contributed by atoms with Gasteiger partial charge < -0.3 is 9.15 Å². The number of hydrogen-bond donors (Lipinski definition) is 0. The summed E-state index contributed by atoms with van der Waals surface area (Å²) in [6.45, 7) is 4.20. The summed E-state index contributed by atoms with van der Waals surface area (Å²) >= 11 is 0. The predicted octanol–water partition coefficient (Wildman–Crippen LogP) is 2.23. The van der Waals surface area contributed by atoms with Crippen LogP contribution in [-0.4, -0.2) is 6.61 Å². The van der Waals surface area contributed by atoms with Crippen molar-refractivity contribution < 1.29 is 9.15 Å². The summed E-state index contributed by atoms with van der Waals surface area (Å²) in [6, 6.07) is 3.58. The molecule has 0 aliphatic heterocycles. The highest BCUT2D eigenvalue weighted by molar-refractivity contribution is 5.03. The molecule has 0 radical (unpaired) electrons. The van der Waals surface area contributed by atoms with Crippen LogP contribution in [0.25, 0.3) is 0 Å². The highest BCUT2D eigenvalue weighted by atomic mass is 16.6. The van der Waals surface area contributed by atoms with E-state index in [-0.39, 0.29) is 0 Å². The fourth-order valence-corrected chi connectivity index (χ4v) is 0.588. The molecule has 0 N–H and O–H groups in total. The first-order valence-electron chi connectivity index (χ1n) is 3.20. The summed E-state index contributed by atoms with van der Waals surface area (Å²) in [7, 11) is 0. The number of rotatable bonds is 4. The Bertz CT molecular complexity index is 177. The monoisotopic (exact) mass is 138 g/mol. The van der Waals surface area contributed by atoms with E-state index < -0.39 is 0 Å². The van der Waals surface area contributed by atoms with Gasteiger partial charge in [0.2, 0.25) is 0 Å². The minimum absolute atomic E-state index is 0.571. The third kappa shape index (κ3) is 1.97. The molecular formula is C8H10O2. The third-order valence-corrected chi connectivity index (χ3v) is 1.06. The Labute approximate surface area is 60.1 Å². The molecule has 0 aliphatic rings. The summed E-state index contributed by atoms with van der Waals surface area (Å²) in [4.78, 5) is 0. The van der Waals surface area contributed by atoms with Gasteiger partial charge in [0.1, 0.15) is 0 Å². The quantitative estimate of drug-likeness (QED) is 0.470. The normalized spacial score (nSPS) is 9.20. The second-order valence-electron chi connectivity index (χ2n) is 1.86. The van der Waals surface area contributed by atoms with Crippen LogP contribution in [0.4, 0.5) is 0 Å². The highest BCUT2D eigenvalue weighted by Crippen LogP contribution is 2.09. The maximum atomic E-state index is 5.15. The Hall–Kier alpha value is -1.18. The van der Waals surface area contributed by atoms with Crippen LogP contribution in [0.15, 0.2) is 35.5 Å². The maximum Gasteiger partial charge on any atom is 0.284 e. The SMILES string of the molecule is C=CCCOc1ccco1. The van der Waals surface area contributed by atoms with E-state index in [4.69, 9.17) is 9.15 Å². The standard InChI is InChI=1S/C8H10O2/c1-2-3-6-9-8-5-4-7-10-8/h2,4-5,7H,1,3,6H2. The van der Waals surface area contributed by atoms with E-state index in [1.165, 1.54) is 0 Å². The lowest BCUT2D eigenvalue weighted by atomic mass is 10.5. The van der Waals surface area contributed by atoms with Gasteiger partial charge in [-0.15, -0.1) is 6.58 Å². The van der Waals surface area contributed by atoms with Crippen LogP contribution in [0.3, 0.4) is 0 Å². The summed E-state index contributed by atoms with van der Waals surface area (Å²) in [6.07, 6.45) is 4.24. The smallest absolute Gasteiger partial charge is 0.284 e. The Kier molecular flexibility index (Phi) is 2.62. The average Bonchev–Trinajstić information content (AvgIpc) is 2.41. The topological polar surface area (TPSA) is 22.4 Å². The van der Waals surface area contributed by atoms with Crippen LogP contribution in [0, 0.1) is 0 Å². The van der Waals surface area contributed by atoms with E-state index in [1.807, 2.05) is 6.08 Å². The second-order valence-corrected chi connectivity index (χ2v) is 1.86. The summed E-state index contributed by atoms with van der Waals surface area (Å²) in [5, 5.41) is 0. The minimum Gasteiger partial charge on any atom is -0.465 e. The van der Waals surface area contributed by atoms with Crippen LogP contribution >= 0.6 is 0 Å². The molecule has 0 spiro atoms. The Morgan fingerprint density at radius 1 is 1.70 bits per heavy atom. The number of furan rings is 1. The molecule has 2 nitrogen and oxygen atoms in total. The molecule has 0 aliphatic carbocycles. The van der Waals surface area contributed by atoms with Gasteiger partial charge in [0.05, 0.1) is 12.9 Å². The van der Waals surface area contributed by atoms with Gasteiger partial charge in [-0.05, 0) is 12.5 Å². The maximum absolute atomic E-state index is 5.15. The molecule has 54 valence electrons. The van der Waals surface area contributed by atoms with Crippen molar-refractivity contribution in [3.05, 3.63) is 31.1 Å². The molecule has 10 heavy (non-hydrogen) atoms. The molecule has 1 heterocycles. The highest BCUT2D eigenvalue weighted by Gasteiger charge is 1.91. The van der Waals surface area contributed by atoms with Gasteiger partial charge in [0.15, 0.2) is 0 Å². The zero-order chi connectivity index (χ0) is 7.23. The van der Waals surface area contributed by atoms with Crippen molar-refractivity contribution in [3.63, 3.8) is 0 Å². The largest absolute Gasteiger partial charge is 0.465 e. The molecule has 0 saturated heterocycles. The zero-order valence-corrected chi connectivity index (χ0v) is 5.75. The number of ether oxygens (including phenoxy) is 1. The van der Waals surface area contributed by atoms with Gasteiger partial charge in [-0.25, -0.2) is 0 Å². The van der Waals surface area contributed by atoms with Crippen molar-refractivity contribution in [3.8, 4) is 5.95 Å². The Balaban J connectivity index is 2.21. The second kappa shape index (κ2) is 3.77. The van der Waals surface area contributed by atoms with E-state index in [9.17, 15) is 0 Å². The van der Waals surface area contributed by atoms with Crippen LogP contribution in [0.2, 0.25) is 0 Å². The molecule has 0 amide bonds. The van der Waals surface area contributed by atoms with Crippen LogP contribution < -0.4 is 4.74 Å². The zero-order valence-electron chi connectivity index (χ0n) is 5.75. The van der Waals surface area contributed by atoms with E-state index in [0.717, 1.165) is 6.42 Å². The van der Waals surface area contributed by atoms with Gasteiger partial charge in [0, 0.05) is 6.07 Å². The van der Waals surface area contributed by atoms with E-state index in [2.05, 4.69) is 6.58 Å². The lowest BCUT2D eigenvalue weighted by molar-refractivity contribution is 0.248. The molecule has 2 heteroatoms. The summed E-state index contributed by atoms with van der Waals surface area (Å²) < 4.78 is 10.1. The Morgan fingerprint density at radius 2 is 2.60 bits per heavy atom. The van der Waals surface area contributed by atoms with Crippen LogP contribution in [-0.2, 0) is 0 Å². The summed E-state index contributed by atoms with van der Waals surface area (Å²) in [5.74, 6) is 0.571. The first kappa shape index (κ1) is 6.93. The lowest BCUT2D eigenvalue weighted by Crippen LogP contribution is -1.93. The van der Waals surface area contributed by atoms with Crippen molar-refractivity contribution in [2.75, 3.05) is 6.61 Å². The van der Waals surface area contributed by atoms with Crippen LogP contribution in [0.5, 0.6) is 5.95 Å².